The van der Waals surface area contributed by atoms with Crippen LogP contribution < -0.4 is 4.74 Å². The Bertz CT molecular complexity index is 294. The van der Waals surface area contributed by atoms with Crippen molar-refractivity contribution in [2.24, 2.45) is 0 Å². The van der Waals surface area contributed by atoms with Gasteiger partial charge in [0.05, 0.1) is 5.54 Å². The molecule has 0 N–H and O–H groups in total. The molecule has 1 aliphatic carbocycles. The maximum atomic E-state index is 5.57. The van der Waals surface area contributed by atoms with Gasteiger partial charge in [0.1, 0.15) is 6.10 Å². The van der Waals surface area contributed by atoms with Gasteiger partial charge in [-0.2, -0.15) is 0 Å². The molecular weight excluding hydrogens is 164 g/mol. The van der Waals surface area contributed by atoms with Crippen LogP contribution in [0, 0.1) is 0 Å². The SMILES string of the molecule is CC(C)(C)n1ccc(OC2CC2)n1. The molecule has 1 aromatic rings. The number of hydrogen-bond donors (Lipinski definition) is 0. The summed E-state index contributed by atoms with van der Waals surface area (Å²) in [6.45, 7) is 6.38. The molecular formula is C10H16N2O. The third kappa shape index (κ3) is 2.02. The van der Waals surface area contributed by atoms with Crippen LogP contribution in [0.15, 0.2) is 12.3 Å². The highest BCUT2D eigenvalue weighted by Gasteiger charge is 2.25. The van der Waals surface area contributed by atoms with E-state index in [9.17, 15) is 0 Å². The third-order valence-corrected chi connectivity index (χ3v) is 2.06. The van der Waals surface area contributed by atoms with Gasteiger partial charge < -0.3 is 4.74 Å². The number of nitrogens with zero attached hydrogens (tertiary/aromatic N) is 2. The van der Waals surface area contributed by atoms with Crippen LogP contribution in [0.3, 0.4) is 0 Å². The maximum Gasteiger partial charge on any atom is 0.233 e. The molecule has 1 fully saturated rings. The minimum atomic E-state index is 0.0468. The summed E-state index contributed by atoms with van der Waals surface area (Å²) in [6.07, 6.45) is 4.77. The van der Waals surface area contributed by atoms with Gasteiger partial charge in [-0.3, -0.25) is 4.68 Å². The van der Waals surface area contributed by atoms with E-state index >= 15 is 0 Å². The third-order valence-electron chi connectivity index (χ3n) is 2.06. The van der Waals surface area contributed by atoms with Crippen LogP contribution in [0.4, 0.5) is 0 Å². The molecule has 3 nitrogen and oxygen atoms in total. The van der Waals surface area contributed by atoms with E-state index in [1.165, 1.54) is 12.8 Å². The van der Waals surface area contributed by atoms with Crippen molar-refractivity contribution in [3.05, 3.63) is 12.3 Å². The minimum Gasteiger partial charge on any atom is -0.473 e. The fourth-order valence-electron chi connectivity index (χ4n) is 1.10. The monoisotopic (exact) mass is 180 g/mol. The molecule has 0 amide bonds. The number of ether oxygens (including phenoxy) is 1. The van der Waals surface area contributed by atoms with E-state index in [-0.39, 0.29) is 5.54 Å². The van der Waals surface area contributed by atoms with Crippen LogP contribution in [0.2, 0.25) is 0 Å². The summed E-state index contributed by atoms with van der Waals surface area (Å²) in [4.78, 5) is 0. The van der Waals surface area contributed by atoms with Crippen molar-refractivity contribution in [3.63, 3.8) is 0 Å². The van der Waals surface area contributed by atoms with Gasteiger partial charge in [0, 0.05) is 12.3 Å². The van der Waals surface area contributed by atoms with Crippen LogP contribution >= 0.6 is 0 Å². The number of hydrogen-bond acceptors (Lipinski definition) is 2. The smallest absolute Gasteiger partial charge is 0.233 e. The van der Waals surface area contributed by atoms with Crippen molar-refractivity contribution < 1.29 is 4.74 Å². The van der Waals surface area contributed by atoms with E-state index in [4.69, 9.17) is 4.74 Å². The fourth-order valence-corrected chi connectivity index (χ4v) is 1.10. The van der Waals surface area contributed by atoms with Crippen molar-refractivity contribution in [1.29, 1.82) is 0 Å². The predicted octanol–water partition coefficient (Wildman–Crippen LogP) is 2.18. The summed E-state index contributed by atoms with van der Waals surface area (Å²) in [5.41, 5.74) is 0.0468. The van der Waals surface area contributed by atoms with E-state index in [0.29, 0.717) is 6.10 Å². The largest absolute Gasteiger partial charge is 0.473 e. The number of aromatic nitrogens is 2. The summed E-state index contributed by atoms with van der Waals surface area (Å²) < 4.78 is 7.50. The Morgan fingerprint density at radius 3 is 2.62 bits per heavy atom. The van der Waals surface area contributed by atoms with Crippen LogP contribution in [0.25, 0.3) is 0 Å². The Labute approximate surface area is 78.7 Å². The average molecular weight is 180 g/mol. The Morgan fingerprint density at radius 1 is 1.46 bits per heavy atom. The lowest BCUT2D eigenvalue weighted by Gasteiger charge is -2.18. The second-order valence-corrected chi connectivity index (χ2v) is 4.59. The summed E-state index contributed by atoms with van der Waals surface area (Å²) in [6, 6.07) is 1.93. The van der Waals surface area contributed by atoms with Gasteiger partial charge >= 0.3 is 0 Å². The highest BCUT2D eigenvalue weighted by atomic mass is 16.5. The molecule has 0 spiro atoms. The Kier molecular flexibility index (Phi) is 1.82. The topological polar surface area (TPSA) is 27.1 Å². The lowest BCUT2D eigenvalue weighted by atomic mass is 10.1. The second-order valence-electron chi connectivity index (χ2n) is 4.59. The maximum absolute atomic E-state index is 5.57. The van der Waals surface area contributed by atoms with Gasteiger partial charge in [-0.05, 0) is 33.6 Å². The average Bonchev–Trinajstić information content (AvgIpc) is 2.63. The zero-order chi connectivity index (χ0) is 9.47. The molecule has 13 heavy (non-hydrogen) atoms. The predicted molar refractivity (Wildman–Crippen MR) is 50.9 cm³/mol. The first-order chi connectivity index (χ1) is 6.05. The van der Waals surface area contributed by atoms with E-state index in [1.807, 2.05) is 16.9 Å². The highest BCUT2D eigenvalue weighted by molar-refractivity contribution is 5.08. The van der Waals surface area contributed by atoms with Crippen molar-refractivity contribution in [1.82, 2.24) is 9.78 Å². The Balaban J connectivity index is 2.08. The molecule has 0 unspecified atom stereocenters. The molecule has 0 atom stereocenters. The molecule has 2 rings (SSSR count). The molecule has 72 valence electrons. The van der Waals surface area contributed by atoms with Gasteiger partial charge in [0.2, 0.25) is 5.88 Å². The molecule has 1 saturated carbocycles. The van der Waals surface area contributed by atoms with Crippen LogP contribution in [0.1, 0.15) is 33.6 Å². The van der Waals surface area contributed by atoms with Crippen LogP contribution in [-0.2, 0) is 5.54 Å². The lowest BCUT2D eigenvalue weighted by Crippen LogP contribution is -2.22. The van der Waals surface area contributed by atoms with E-state index in [0.717, 1.165) is 5.88 Å². The zero-order valence-electron chi connectivity index (χ0n) is 8.45. The molecule has 0 bridgehead atoms. The first-order valence-electron chi connectivity index (χ1n) is 4.78. The Hall–Kier alpha value is -0.990. The highest BCUT2D eigenvalue weighted by Crippen LogP contribution is 2.26. The van der Waals surface area contributed by atoms with Gasteiger partial charge in [-0.1, -0.05) is 0 Å². The summed E-state index contributed by atoms with van der Waals surface area (Å²) in [5, 5.41) is 4.36. The molecule has 0 aliphatic heterocycles. The van der Waals surface area contributed by atoms with Crippen molar-refractivity contribution in [2.75, 3.05) is 0 Å². The van der Waals surface area contributed by atoms with Gasteiger partial charge in [-0.15, -0.1) is 5.10 Å². The van der Waals surface area contributed by atoms with Crippen molar-refractivity contribution in [2.45, 2.75) is 45.3 Å². The Morgan fingerprint density at radius 2 is 2.15 bits per heavy atom. The molecule has 0 radical (unpaired) electrons. The first-order valence-corrected chi connectivity index (χ1v) is 4.78. The number of rotatable bonds is 2. The van der Waals surface area contributed by atoms with E-state index in [1.54, 1.807) is 0 Å². The van der Waals surface area contributed by atoms with Crippen molar-refractivity contribution in [3.8, 4) is 5.88 Å². The summed E-state index contributed by atoms with van der Waals surface area (Å²) in [5.74, 6) is 0.762. The normalized spacial score (nSPS) is 17.5. The quantitative estimate of drug-likeness (QED) is 0.697. The van der Waals surface area contributed by atoms with E-state index in [2.05, 4.69) is 25.9 Å². The fraction of sp³-hybridized carbons (Fsp3) is 0.700. The summed E-state index contributed by atoms with van der Waals surface area (Å²) in [7, 11) is 0. The van der Waals surface area contributed by atoms with Gasteiger partial charge in [0.15, 0.2) is 0 Å². The summed E-state index contributed by atoms with van der Waals surface area (Å²) >= 11 is 0. The molecule has 3 heteroatoms. The second kappa shape index (κ2) is 2.76. The first kappa shape index (κ1) is 8.60. The van der Waals surface area contributed by atoms with Gasteiger partial charge in [-0.25, -0.2) is 0 Å². The lowest BCUT2D eigenvalue weighted by molar-refractivity contribution is 0.274. The molecule has 1 aliphatic rings. The minimum absolute atomic E-state index is 0.0468. The molecule has 1 aromatic heterocycles. The molecule has 1 heterocycles. The van der Waals surface area contributed by atoms with Crippen LogP contribution in [0.5, 0.6) is 5.88 Å². The van der Waals surface area contributed by atoms with Gasteiger partial charge in [0.25, 0.3) is 0 Å². The van der Waals surface area contributed by atoms with E-state index < -0.39 is 0 Å². The van der Waals surface area contributed by atoms with Crippen LogP contribution in [-0.4, -0.2) is 15.9 Å². The molecule has 0 aromatic carbocycles. The standard InChI is InChI=1S/C10H16N2O/c1-10(2,3)12-7-6-9(11-12)13-8-4-5-8/h6-8H,4-5H2,1-3H3. The zero-order valence-corrected chi connectivity index (χ0v) is 8.45. The molecule has 0 saturated heterocycles. The van der Waals surface area contributed by atoms with Crippen molar-refractivity contribution >= 4 is 0 Å².